The van der Waals surface area contributed by atoms with Gasteiger partial charge in [0.2, 0.25) is 14.3 Å². The summed E-state index contributed by atoms with van der Waals surface area (Å²) in [4.78, 5) is 27.9. The Morgan fingerprint density at radius 1 is 1.44 bits per heavy atom. The quantitative estimate of drug-likeness (QED) is 0.461. The van der Waals surface area contributed by atoms with Crippen molar-refractivity contribution in [1.29, 1.82) is 0 Å². The molecule has 3 N–H and O–H groups in total. The average Bonchev–Trinajstić information content (AvgIpc) is 3.16. The molecular formula is C23H34FN3O4Si. The zero-order chi connectivity index (χ0) is 23.3. The Kier molecular flexibility index (Phi) is 6.21. The molecule has 9 heteroatoms. The lowest BCUT2D eigenvalue weighted by Gasteiger charge is -2.31. The van der Waals surface area contributed by atoms with Gasteiger partial charge in [0.05, 0.1) is 17.7 Å². The van der Waals surface area contributed by atoms with E-state index in [1.165, 1.54) is 0 Å². The summed E-state index contributed by atoms with van der Waals surface area (Å²) in [5, 5.41) is 15.8. The number of carbonyl (C=O) groups excluding carboxylic acids is 2. The van der Waals surface area contributed by atoms with Crippen molar-refractivity contribution in [3.8, 4) is 0 Å². The fourth-order valence-corrected chi connectivity index (χ4v) is 8.49. The molecule has 2 amide bonds. The number of hydrogen-bond donors (Lipinski definition) is 3. The van der Waals surface area contributed by atoms with Crippen molar-refractivity contribution in [3.63, 3.8) is 0 Å². The molecule has 3 aliphatic heterocycles. The van der Waals surface area contributed by atoms with Gasteiger partial charge in [-0.25, -0.2) is 0 Å². The second-order valence-electron chi connectivity index (χ2n) is 9.91. The number of ether oxygens (including phenoxy) is 1. The molecule has 0 bridgehead atoms. The Morgan fingerprint density at radius 3 is 2.81 bits per heavy atom. The summed E-state index contributed by atoms with van der Waals surface area (Å²) >= 11 is 0. The lowest BCUT2D eigenvalue weighted by Crippen LogP contribution is -2.44. The van der Waals surface area contributed by atoms with Gasteiger partial charge in [-0.1, -0.05) is 6.92 Å². The SMILES string of the molecule is C[C@@H]1[C@@H]([Si](C)(C)F)[C@H](CCO)O[C@@]12C(=O)N(C)c1ccc(NC(=O)C3CCCNC3)cc12. The first-order valence-corrected chi connectivity index (χ1v) is 14.5. The van der Waals surface area contributed by atoms with E-state index in [2.05, 4.69) is 10.6 Å². The lowest BCUT2D eigenvalue weighted by atomic mass is 9.82. The third-order valence-corrected chi connectivity index (χ3v) is 9.90. The molecule has 2 saturated heterocycles. The summed E-state index contributed by atoms with van der Waals surface area (Å²) in [6.07, 6.45) is 1.56. The van der Waals surface area contributed by atoms with Crippen molar-refractivity contribution in [2.45, 2.75) is 56.5 Å². The minimum absolute atomic E-state index is 0.0439. The minimum atomic E-state index is -3.20. The molecule has 0 radical (unpaired) electrons. The maximum Gasteiger partial charge on any atom is 0.264 e. The van der Waals surface area contributed by atoms with E-state index in [1.54, 1.807) is 31.1 Å². The normalized spacial score (nSPS) is 32.4. The largest absolute Gasteiger partial charge is 0.396 e. The van der Waals surface area contributed by atoms with Gasteiger partial charge in [0, 0.05) is 42.9 Å². The average molecular weight is 464 g/mol. The molecule has 1 aromatic carbocycles. The van der Waals surface area contributed by atoms with Crippen LogP contribution in [0.25, 0.3) is 0 Å². The number of fused-ring (bicyclic) bond motifs is 2. The number of aliphatic hydroxyl groups excluding tert-OH is 1. The van der Waals surface area contributed by atoms with Crippen LogP contribution in [0.5, 0.6) is 0 Å². The zero-order valence-corrected chi connectivity index (χ0v) is 20.3. The summed E-state index contributed by atoms with van der Waals surface area (Å²) in [5.74, 6) is -0.745. The van der Waals surface area contributed by atoms with Crippen molar-refractivity contribution in [2.24, 2.45) is 11.8 Å². The highest BCUT2D eigenvalue weighted by molar-refractivity contribution is 6.72. The summed E-state index contributed by atoms with van der Waals surface area (Å²) in [6.45, 7) is 6.62. The van der Waals surface area contributed by atoms with Crippen molar-refractivity contribution in [3.05, 3.63) is 23.8 Å². The van der Waals surface area contributed by atoms with E-state index in [-0.39, 0.29) is 30.8 Å². The highest BCUT2D eigenvalue weighted by atomic mass is 28.4. The summed E-state index contributed by atoms with van der Waals surface area (Å²) in [6, 6.07) is 5.43. The van der Waals surface area contributed by atoms with Crippen LogP contribution in [0, 0.1) is 11.8 Å². The van der Waals surface area contributed by atoms with Crippen LogP contribution < -0.4 is 15.5 Å². The van der Waals surface area contributed by atoms with Gasteiger partial charge in [-0.15, -0.1) is 0 Å². The Labute approximate surface area is 189 Å². The third-order valence-electron chi connectivity index (χ3n) is 7.44. The zero-order valence-electron chi connectivity index (χ0n) is 19.3. The lowest BCUT2D eigenvalue weighted by molar-refractivity contribution is -0.146. The monoisotopic (exact) mass is 463 g/mol. The van der Waals surface area contributed by atoms with Crippen LogP contribution in [-0.2, 0) is 19.9 Å². The molecule has 4 rings (SSSR count). The number of carbonyl (C=O) groups is 2. The predicted octanol–water partition coefficient (Wildman–Crippen LogP) is 2.76. The maximum atomic E-state index is 15.4. The Balaban J connectivity index is 1.71. The van der Waals surface area contributed by atoms with Gasteiger partial charge in [-0.3, -0.25) is 9.59 Å². The van der Waals surface area contributed by atoms with E-state index in [9.17, 15) is 14.7 Å². The van der Waals surface area contributed by atoms with Crippen molar-refractivity contribution >= 4 is 31.6 Å². The fourth-order valence-electron chi connectivity index (χ4n) is 5.95. The van der Waals surface area contributed by atoms with Crippen LogP contribution in [0.15, 0.2) is 18.2 Å². The number of nitrogens with one attached hydrogen (secondary N) is 2. The fraction of sp³-hybridized carbons (Fsp3) is 0.652. The smallest absolute Gasteiger partial charge is 0.264 e. The molecule has 3 heterocycles. The summed E-state index contributed by atoms with van der Waals surface area (Å²) < 4.78 is 21.8. The number of aliphatic hydroxyl groups is 1. The first kappa shape index (κ1) is 23.3. The van der Waals surface area contributed by atoms with E-state index in [0.29, 0.717) is 23.5 Å². The van der Waals surface area contributed by atoms with Crippen LogP contribution in [0.3, 0.4) is 0 Å². The molecule has 7 nitrogen and oxygen atoms in total. The second-order valence-corrected chi connectivity index (χ2v) is 13.7. The summed E-state index contributed by atoms with van der Waals surface area (Å²) in [7, 11) is -1.50. The molecule has 32 heavy (non-hydrogen) atoms. The first-order chi connectivity index (χ1) is 15.1. The molecule has 1 aromatic rings. The molecular weight excluding hydrogens is 429 g/mol. The molecule has 0 aliphatic carbocycles. The van der Waals surface area contributed by atoms with E-state index in [0.717, 1.165) is 19.4 Å². The number of halogens is 1. The number of anilines is 2. The van der Waals surface area contributed by atoms with Crippen molar-refractivity contribution < 1.29 is 23.5 Å². The third kappa shape index (κ3) is 3.69. The molecule has 5 atom stereocenters. The van der Waals surface area contributed by atoms with E-state index in [4.69, 9.17) is 4.74 Å². The Bertz CT molecular complexity index is 902. The number of benzene rings is 1. The van der Waals surface area contributed by atoms with Crippen molar-refractivity contribution in [2.75, 3.05) is 37.0 Å². The molecule has 1 unspecified atom stereocenters. The Morgan fingerprint density at radius 2 is 2.19 bits per heavy atom. The topological polar surface area (TPSA) is 90.9 Å². The van der Waals surface area contributed by atoms with Gasteiger partial charge in [0.1, 0.15) is 0 Å². The number of likely N-dealkylation sites (N-methyl/N-ethyl adjacent to an activating group) is 1. The minimum Gasteiger partial charge on any atom is -0.396 e. The van der Waals surface area contributed by atoms with Crippen molar-refractivity contribution in [1.82, 2.24) is 5.32 Å². The highest BCUT2D eigenvalue weighted by Crippen LogP contribution is 2.60. The molecule has 2 fully saturated rings. The van der Waals surface area contributed by atoms with E-state index in [1.807, 2.05) is 19.1 Å². The molecule has 3 aliphatic rings. The molecule has 1 spiro atoms. The summed E-state index contributed by atoms with van der Waals surface area (Å²) in [5.41, 5.74) is 0.251. The van der Waals surface area contributed by atoms with Gasteiger partial charge in [-0.05, 0) is 57.1 Å². The Hall–Kier alpha value is -1.81. The van der Waals surface area contributed by atoms with Gasteiger partial charge >= 0.3 is 0 Å². The van der Waals surface area contributed by atoms with Gasteiger partial charge in [0.15, 0.2) is 5.60 Å². The number of nitrogens with zero attached hydrogens (tertiary/aromatic N) is 1. The number of rotatable bonds is 5. The number of amides is 2. The van der Waals surface area contributed by atoms with Gasteiger partial charge < -0.3 is 29.5 Å². The number of hydrogen-bond acceptors (Lipinski definition) is 5. The molecule has 176 valence electrons. The highest BCUT2D eigenvalue weighted by Gasteiger charge is 2.66. The van der Waals surface area contributed by atoms with Gasteiger partial charge in [-0.2, -0.15) is 0 Å². The molecule has 0 aromatic heterocycles. The molecule has 0 saturated carbocycles. The van der Waals surface area contributed by atoms with E-state index >= 15 is 4.11 Å². The first-order valence-electron chi connectivity index (χ1n) is 11.5. The van der Waals surface area contributed by atoms with Crippen LogP contribution >= 0.6 is 0 Å². The predicted molar refractivity (Wildman–Crippen MR) is 124 cm³/mol. The van der Waals surface area contributed by atoms with Gasteiger partial charge in [0.25, 0.3) is 5.91 Å². The van der Waals surface area contributed by atoms with Crippen LogP contribution in [-0.4, -0.2) is 58.2 Å². The van der Waals surface area contributed by atoms with Crippen LogP contribution in [0.2, 0.25) is 18.6 Å². The standard InChI is InChI=1S/C23H34FN3O4Si/c1-14-20(32(3,4)24)19(9-11-28)31-23(14)17-12-16(7-8-18(17)27(2)22(23)30)26-21(29)15-6-5-10-25-13-15/h7-8,12,14-15,19-20,25,28H,5-6,9-11,13H2,1-4H3,(H,26,29)/t14-,15?,19+,20-,23+/m1/s1. The van der Waals surface area contributed by atoms with Crippen LogP contribution in [0.1, 0.15) is 31.7 Å². The number of piperidine rings is 1. The van der Waals surface area contributed by atoms with Crippen LogP contribution in [0.4, 0.5) is 15.5 Å². The maximum absolute atomic E-state index is 15.4. The van der Waals surface area contributed by atoms with E-state index < -0.39 is 31.6 Å². The second kappa shape index (κ2) is 8.51.